The van der Waals surface area contributed by atoms with Crippen LogP contribution in [-0.2, 0) is 101 Å². The van der Waals surface area contributed by atoms with Gasteiger partial charge in [0.05, 0.1) is 82.5 Å². The molecule has 0 atom stereocenters. The zero-order valence-electron chi connectivity index (χ0n) is 65.5. The van der Waals surface area contributed by atoms with E-state index in [1.54, 1.807) is 0 Å². The van der Waals surface area contributed by atoms with E-state index >= 15 is 0 Å². The Hall–Kier alpha value is 2.36. The topological polar surface area (TPSA) is 839 Å². The van der Waals surface area contributed by atoms with Crippen molar-refractivity contribution in [3.8, 4) is 11.5 Å². The van der Waals surface area contributed by atoms with Crippen LogP contribution in [0.15, 0.2) is 187 Å². The van der Waals surface area contributed by atoms with Gasteiger partial charge in [-0.05, 0) is 122 Å². The van der Waals surface area contributed by atoms with Crippen molar-refractivity contribution in [3.63, 3.8) is 0 Å². The van der Waals surface area contributed by atoms with Gasteiger partial charge in [0, 0.05) is 11.4 Å². The summed E-state index contributed by atoms with van der Waals surface area (Å²) in [4.78, 5) is 0.494. The number of aromatic hydroxyl groups is 2. The van der Waals surface area contributed by atoms with E-state index in [0.29, 0.717) is 60.7 Å². The largest absolute Gasteiger partial charge is 1.00 e. The molecule has 0 amide bonds. The Morgan fingerprint density at radius 2 is 0.548 bits per heavy atom. The molecule has 0 unspecified atom stereocenters. The van der Waals surface area contributed by atoms with Gasteiger partial charge in [0.1, 0.15) is 157 Å². The number of rotatable bonds is 22. The molecule has 48 nitrogen and oxygen atoms in total. The number of aromatic nitrogens is 4. The number of phenols is 2. The summed E-state index contributed by atoms with van der Waals surface area (Å²) >= 11 is 12.2. The SMILES string of the molecule is Cc1nc(F)nc(Nc2ccc(S(=O)(=O)[O-])c(N=Nc3c(S(=O)(=O)[O-])cc4cc(S(=O)(=O)[O-])c(N=Nc5cc(S(=O)(=O)[O-])ccc5S(=O)(=O)[O-])c(N)c4c3O)c2)c1Cl.Cc1nc(F)nc(Nc2ccc(S(=O)(=O)[O-])c(N=Nc3c(S(=O)(=O)[O-])cc4cc(S(=O)(=O)[O-])c(N=Nc5cc(S(=O)(=O)[O-])ccc5S(=O)(=O)[O-])c(N)c4c3O)c2)c1Cl.[K+].[K+].[K+].[K+].[K+].[Na+].[Na+].[Na+].[Na+].[Na+]. The molecule has 8 N–H and O–H groups in total. The Kier molecular flexibility index (Phi) is 52.4. The summed E-state index contributed by atoms with van der Waals surface area (Å²) in [5.41, 5.74) is -0.209. The van der Waals surface area contributed by atoms with E-state index in [2.05, 4.69) is 71.5 Å². The maximum atomic E-state index is 13.9. The third-order valence-electron chi connectivity index (χ3n) is 14.7. The molecular weight excluding hydrogens is 2120 g/mol. The molecule has 0 aliphatic heterocycles. The van der Waals surface area contributed by atoms with Gasteiger partial charge in [-0.1, -0.05) is 23.2 Å². The average molecular weight is 2150 g/mol. The number of hydrogen-bond acceptors (Lipinski definition) is 48. The second-order valence-corrected chi connectivity index (χ2v) is 36.6. The standard InChI is InChI=1S/2C27H20ClFN8O16S5.5K.5Na/c2*1-10-21(28)26(33-27(29)31-10)32-12-2-4-16(55(42,43)44)14(8-12)34-37-24-19(58(51,52)53)7-11-6-18(57(48,49)50)23(22(30)20(11)25(24)38)36-35-15-9-13(54(39,40)41)3-5-17(15)56(45,46)47;;;;;;;;;;/h2*2-9,38H,30H2,1H3,(H,31,32,33)(H,39,40,41)(H,42,43,44)(H,45,46,47)(H,48,49,50)(H,51,52,53);;;;;;;;;;/q;;10*+1/p-10. The Labute approximate surface area is 1040 Å². The fourth-order valence-electron chi connectivity index (χ4n) is 9.74. The third kappa shape index (κ3) is 32.7. The van der Waals surface area contributed by atoms with Crippen molar-refractivity contribution in [1.29, 1.82) is 0 Å². The van der Waals surface area contributed by atoms with Crippen LogP contribution < -0.4 is 427 Å². The Bertz CT molecular complexity index is 6980. The summed E-state index contributed by atoms with van der Waals surface area (Å²) in [6.45, 7) is 2.62. The molecule has 72 heteroatoms. The first-order valence-corrected chi connectivity index (χ1v) is 43.8. The number of benzene rings is 8. The zero-order chi connectivity index (χ0) is 87.0. The van der Waals surface area contributed by atoms with Crippen LogP contribution in [0.3, 0.4) is 0 Å². The first-order chi connectivity index (χ1) is 53.0. The second-order valence-electron chi connectivity index (χ2n) is 22.3. The Balaban J connectivity index is 0. The van der Waals surface area contributed by atoms with Crippen LogP contribution in [0.4, 0.5) is 88.7 Å². The number of aryl methyl sites for hydroxylation is 2. The Morgan fingerprint density at radius 1 is 0.325 bits per heavy atom. The van der Waals surface area contributed by atoms with Crippen molar-refractivity contribution >= 4 is 226 Å². The molecule has 10 rings (SSSR count). The molecule has 0 bridgehead atoms. The predicted octanol–water partition coefficient (Wildman–Crippen LogP) is -23.7. The van der Waals surface area contributed by atoms with Gasteiger partial charge >= 0.3 is 417 Å². The molecule has 616 valence electrons. The molecule has 0 saturated heterocycles. The predicted molar refractivity (Wildman–Crippen MR) is 372 cm³/mol. The van der Waals surface area contributed by atoms with Gasteiger partial charge < -0.3 is 77.8 Å². The molecule has 2 heterocycles. The van der Waals surface area contributed by atoms with E-state index in [1.807, 2.05) is 0 Å². The number of fused-ring (bicyclic) bond motifs is 2. The minimum atomic E-state index is -5.80. The van der Waals surface area contributed by atoms with Gasteiger partial charge in [-0.15, -0.1) is 40.9 Å². The summed E-state index contributed by atoms with van der Waals surface area (Å²) < 4.78 is 388. The minimum absolute atomic E-state index is 0. The van der Waals surface area contributed by atoms with Gasteiger partial charge in [0.25, 0.3) is 0 Å². The second kappa shape index (κ2) is 50.7. The van der Waals surface area contributed by atoms with Crippen molar-refractivity contribution in [2.75, 3.05) is 22.1 Å². The van der Waals surface area contributed by atoms with Crippen molar-refractivity contribution in [2.45, 2.75) is 62.8 Å². The van der Waals surface area contributed by atoms with E-state index in [9.17, 15) is 149 Å². The van der Waals surface area contributed by atoms with Crippen LogP contribution in [0.2, 0.25) is 10.0 Å². The molecular formula is C54H30Cl2F2K5N16Na5O32S10. The van der Waals surface area contributed by atoms with Crippen LogP contribution in [0.25, 0.3) is 21.5 Å². The zero-order valence-corrected chi connectivity index (χ0v) is 101. The molecule has 126 heavy (non-hydrogen) atoms. The molecule has 0 fully saturated rings. The summed E-state index contributed by atoms with van der Waals surface area (Å²) in [7, 11) is -55.8. The number of nitrogens with zero attached hydrogens (tertiary/aromatic N) is 12. The number of halogens is 4. The van der Waals surface area contributed by atoms with Crippen molar-refractivity contribution in [2.24, 2.45) is 40.9 Å². The summed E-state index contributed by atoms with van der Waals surface area (Å²) in [5.74, 6) is -3.67. The molecule has 0 aliphatic carbocycles. The number of anilines is 6. The number of azo groups is 4. The number of phenolic OH excluding ortho intramolecular Hbond substituents is 2. The fourth-order valence-corrected chi connectivity index (χ4v) is 16.0. The van der Waals surface area contributed by atoms with Crippen LogP contribution in [0, 0.1) is 26.0 Å². The average Bonchev–Trinajstić information content (AvgIpc) is 0.740. The molecule has 2 aromatic heterocycles. The van der Waals surface area contributed by atoms with Crippen molar-refractivity contribution in [1.82, 2.24) is 19.9 Å². The Morgan fingerprint density at radius 3 is 0.786 bits per heavy atom. The monoisotopic (exact) mass is 2150 g/mol. The maximum Gasteiger partial charge on any atom is 1.00 e. The summed E-state index contributed by atoms with van der Waals surface area (Å²) in [6.07, 6.45) is -2.48. The number of nitrogen functional groups attached to an aromatic ring is 2. The van der Waals surface area contributed by atoms with E-state index < -0.39 is 252 Å². The van der Waals surface area contributed by atoms with E-state index in [1.165, 1.54) is 13.8 Å². The first kappa shape index (κ1) is 130. The van der Waals surface area contributed by atoms with Crippen molar-refractivity contribution < 1.29 is 553 Å². The van der Waals surface area contributed by atoms with Gasteiger partial charge in [0.15, 0.2) is 23.1 Å². The minimum Gasteiger partial charge on any atom is -0.744 e. The molecule has 0 aliphatic rings. The van der Waals surface area contributed by atoms with Gasteiger partial charge in [0.2, 0.25) is 0 Å². The maximum absolute atomic E-state index is 13.9. The molecule has 0 radical (unpaired) electrons. The quantitative estimate of drug-likeness (QED) is 0.0121. The smallest absolute Gasteiger partial charge is 0.744 e. The molecule has 0 saturated carbocycles. The molecule has 8 aromatic carbocycles. The number of nitrogens with two attached hydrogens (primary N) is 2. The number of hydrogen-bond donors (Lipinski definition) is 6. The fraction of sp³-hybridized carbons (Fsp3) is 0.0370. The summed E-state index contributed by atoms with van der Waals surface area (Å²) in [5, 5.41) is 50.9. The van der Waals surface area contributed by atoms with Crippen LogP contribution in [-0.4, -0.2) is 160 Å². The van der Waals surface area contributed by atoms with Gasteiger partial charge in [-0.2, -0.15) is 18.7 Å². The third-order valence-corrected chi connectivity index (χ3v) is 24.2. The van der Waals surface area contributed by atoms with Crippen LogP contribution in [0.1, 0.15) is 11.4 Å². The van der Waals surface area contributed by atoms with E-state index in [-0.39, 0.29) is 461 Å². The number of nitrogens with one attached hydrogen (secondary N) is 2. The molecule has 10 aromatic rings. The van der Waals surface area contributed by atoms with Crippen LogP contribution in [0.5, 0.6) is 11.5 Å². The first-order valence-electron chi connectivity index (χ1n) is 29.0. The van der Waals surface area contributed by atoms with E-state index in [0.717, 1.165) is 24.3 Å². The van der Waals surface area contributed by atoms with E-state index in [4.69, 9.17) is 34.7 Å². The van der Waals surface area contributed by atoms with Crippen LogP contribution >= 0.6 is 23.2 Å². The summed E-state index contributed by atoms with van der Waals surface area (Å²) in [6, 6.07) is 8.04. The normalized spacial score (nSPS) is 12.1. The van der Waals surface area contributed by atoms with Gasteiger partial charge in [-0.3, -0.25) is 0 Å². The molecule has 0 spiro atoms. The van der Waals surface area contributed by atoms with Gasteiger partial charge in [-0.25, -0.2) is 94.1 Å². The van der Waals surface area contributed by atoms with Crippen molar-refractivity contribution in [3.05, 3.63) is 131 Å².